The molecule has 0 spiro atoms. The third-order valence-electron chi connectivity index (χ3n) is 4.60. The van der Waals surface area contributed by atoms with Crippen LogP contribution in [0.15, 0.2) is 48.7 Å². The number of nitrogens with zero attached hydrogens (tertiary/aromatic N) is 1. The van der Waals surface area contributed by atoms with Crippen molar-refractivity contribution < 1.29 is 13.2 Å². The van der Waals surface area contributed by atoms with Crippen molar-refractivity contribution in [1.82, 2.24) is 10.3 Å². The molecule has 28 heavy (non-hydrogen) atoms. The summed E-state index contributed by atoms with van der Waals surface area (Å²) in [5.41, 5.74) is 1.37. The van der Waals surface area contributed by atoms with Crippen molar-refractivity contribution in [2.75, 3.05) is 30.0 Å². The molecule has 0 radical (unpaired) electrons. The average Bonchev–Trinajstić information content (AvgIpc) is 2.64. The lowest BCUT2D eigenvalue weighted by molar-refractivity contribution is -0.119. The number of nitrogens with one attached hydrogen (secondary N) is 3. The number of anilines is 3. The second kappa shape index (κ2) is 10.1. The van der Waals surface area contributed by atoms with E-state index in [2.05, 4.69) is 20.9 Å². The Morgan fingerprint density at radius 2 is 1.68 bits per heavy atom. The van der Waals surface area contributed by atoms with Gasteiger partial charge in [-0.25, -0.2) is 13.4 Å². The molecule has 1 aromatic heterocycles. The number of carbonyl (C=O) groups is 1. The van der Waals surface area contributed by atoms with E-state index < -0.39 is 20.5 Å². The lowest BCUT2D eigenvalue weighted by Crippen LogP contribution is -2.55. The first kappa shape index (κ1) is 24.2. The molecule has 1 aromatic carbocycles. The van der Waals surface area contributed by atoms with E-state index in [1.807, 2.05) is 30.3 Å². The highest BCUT2D eigenvalue weighted by Gasteiger charge is 2.48. The number of pyridine rings is 1. The summed E-state index contributed by atoms with van der Waals surface area (Å²) < 4.78 is 23.2. The lowest BCUT2D eigenvalue weighted by atomic mass is 9.96. The topological polar surface area (TPSA) is 100 Å². The predicted octanol–water partition coefficient (Wildman–Crippen LogP) is 2.77. The standard InChI is InChI=1S/C18H22N4O3S.2ClH/c1-26(24,25)18(9-11-19-12-10-18)17(23)22-15-7-8-16(20-13-15)21-14-5-3-2-4-6-14;;/h2-8,13,19H,9-12H2,1H3,(H,20,21)(H,22,23);2*1H. The fourth-order valence-corrected chi connectivity index (χ4v) is 4.39. The monoisotopic (exact) mass is 446 g/mol. The second-order valence-corrected chi connectivity index (χ2v) is 8.72. The number of para-hydroxylation sites is 1. The number of benzene rings is 1. The van der Waals surface area contributed by atoms with Gasteiger partial charge < -0.3 is 16.0 Å². The lowest BCUT2D eigenvalue weighted by Gasteiger charge is -2.34. The Labute approximate surface area is 177 Å². The van der Waals surface area contributed by atoms with Crippen LogP contribution < -0.4 is 16.0 Å². The van der Waals surface area contributed by atoms with Gasteiger partial charge in [0.15, 0.2) is 14.6 Å². The van der Waals surface area contributed by atoms with Gasteiger partial charge in [0.1, 0.15) is 5.82 Å². The largest absolute Gasteiger partial charge is 0.340 e. The van der Waals surface area contributed by atoms with Crippen molar-refractivity contribution in [3.8, 4) is 0 Å². The van der Waals surface area contributed by atoms with Gasteiger partial charge in [-0.15, -0.1) is 24.8 Å². The molecule has 0 saturated carbocycles. The maximum Gasteiger partial charge on any atom is 0.245 e. The normalized spacial score (nSPS) is 15.5. The van der Waals surface area contributed by atoms with Crippen molar-refractivity contribution in [3.63, 3.8) is 0 Å². The zero-order chi connectivity index (χ0) is 18.6. The van der Waals surface area contributed by atoms with Crippen LogP contribution in [0.25, 0.3) is 0 Å². The summed E-state index contributed by atoms with van der Waals surface area (Å²) >= 11 is 0. The first-order valence-electron chi connectivity index (χ1n) is 8.41. The summed E-state index contributed by atoms with van der Waals surface area (Å²) in [5.74, 6) is 0.140. The molecule has 0 unspecified atom stereocenters. The van der Waals surface area contributed by atoms with Crippen molar-refractivity contribution in [3.05, 3.63) is 48.7 Å². The van der Waals surface area contributed by atoms with Crippen LogP contribution in [0.1, 0.15) is 12.8 Å². The van der Waals surface area contributed by atoms with Crippen LogP contribution >= 0.6 is 24.8 Å². The summed E-state index contributed by atoms with van der Waals surface area (Å²) in [4.78, 5) is 17.0. The molecule has 1 aliphatic heterocycles. The van der Waals surface area contributed by atoms with E-state index in [0.29, 0.717) is 24.6 Å². The molecule has 1 saturated heterocycles. The Kier molecular flexibility index (Phi) is 8.69. The van der Waals surface area contributed by atoms with Gasteiger partial charge in [0.25, 0.3) is 0 Å². The molecule has 2 aromatic rings. The molecule has 10 heteroatoms. The van der Waals surface area contributed by atoms with Gasteiger partial charge in [0, 0.05) is 11.9 Å². The minimum atomic E-state index is -3.54. The molecular formula is C18H24Cl2N4O3S. The highest BCUT2D eigenvalue weighted by atomic mass is 35.5. The molecule has 1 amide bonds. The van der Waals surface area contributed by atoms with Crippen LogP contribution in [0.3, 0.4) is 0 Å². The van der Waals surface area contributed by atoms with Gasteiger partial charge in [-0.05, 0) is 50.2 Å². The number of hydrogen-bond acceptors (Lipinski definition) is 6. The highest BCUT2D eigenvalue weighted by molar-refractivity contribution is 7.92. The number of halogens is 2. The van der Waals surface area contributed by atoms with Gasteiger partial charge >= 0.3 is 0 Å². The smallest absolute Gasteiger partial charge is 0.245 e. The van der Waals surface area contributed by atoms with E-state index in [1.165, 1.54) is 6.20 Å². The minimum Gasteiger partial charge on any atom is -0.340 e. The maximum atomic E-state index is 12.8. The molecule has 7 nitrogen and oxygen atoms in total. The Morgan fingerprint density at radius 3 is 2.21 bits per heavy atom. The number of piperidine rings is 1. The number of aromatic nitrogens is 1. The summed E-state index contributed by atoms with van der Waals surface area (Å²) in [5, 5.41) is 8.96. The molecule has 0 atom stereocenters. The summed E-state index contributed by atoms with van der Waals surface area (Å²) in [6.45, 7) is 0.997. The predicted molar refractivity (Wildman–Crippen MR) is 117 cm³/mol. The molecule has 154 valence electrons. The molecule has 0 bridgehead atoms. The van der Waals surface area contributed by atoms with Crippen LogP contribution in [-0.2, 0) is 14.6 Å². The summed E-state index contributed by atoms with van der Waals surface area (Å²) in [6.07, 6.45) is 3.17. The van der Waals surface area contributed by atoms with Gasteiger partial charge in [0.2, 0.25) is 5.91 Å². The van der Waals surface area contributed by atoms with Crippen LogP contribution in [0.5, 0.6) is 0 Å². The van der Waals surface area contributed by atoms with E-state index in [-0.39, 0.29) is 37.7 Å². The Morgan fingerprint density at radius 1 is 1.04 bits per heavy atom. The average molecular weight is 447 g/mol. The van der Waals surface area contributed by atoms with Crippen LogP contribution in [0.4, 0.5) is 17.2 Å². The van der Waals surface area contributed by atoms with E-state index >= 15 is 0 Å². The quantitative estimate of drug-likeness (QED) is 0.652. The first-order valence-corrected chi connectivity index (χ1v) is 10.3. The number of rotatable bonds is 5. The van der Waals surface area contributed by atoms with Crippen molar-refractivity contribution in [2.45, 2.75) is 17.6 Å². The molecule has 2 heterocycles. The van der Waals surface area contributed by atoms with Crippen LogP contribution in [-0.4, -0.2) is 43.4 Å². The highest BCUT2D eigenvalue weighted by Crippen LogP contribution is 2.29. The van der Waals surface area contributed by atoms with Crippen molar-refractivity contribution in [1.29, 1.82) is 0 Å². The number of amides is 1. The van der Waals surface area contributed by atoms with Gasteiger partial charge in [-0.1, -0.05) is 18.2 Å². The van der Waals surface area contributed by atoms with E-state index in [4.69, 9.17) is 0 Å². The molecule has 3 rings (SSSR count). The third-order valence-corrected chi connectivity index (χ3v) is 6.62. The van der Waals surface area contributed by atoms with E-state index in [1.54, 1.807) is 12.1 Å². The molecule has 3 N–H and O–H groups in total. The number of hydrogen-bond donors (Lipinski definition) is 3. The minimum absolute atomic E-state index is 0. The zero-order valence-electron chi connectivity index (χ0n) is 15.3. The summed E-state index contributed by atoms with van der Waals surface area (Å²) in [6, 6.07) is 13.0. The van der Waals surface area contributed by atoms with Crippen LogP contribution in [0.2, 0.25) is 0 Å². The van der Waals surface area contributed by atoms with Gasteiger partial charge in [0.05, 0.1) is 11.9 Å². The fraction of sp³-hybridized carbons (Fsp3) is 0.333. The van der Waals surface area contributed by atoms with Gasteiger partial charge in [-0.3, -0.25) is 4.79 Å². The third kappa shape index (κ3) is 5.35. The Hall–Kier alpha value is -1.87. The summed E-state index contributed by atoms with van der Waals surface area (Å²) in [7, 11) is -3.54. The zero-order valence-corrected chi connectivity index (χ0v) is 17.8. The SMILES string of the molecule is CS(=O)(=O)C1(C(=O)Nc2ccc(Nc3ccccc3)nc2)CCNCC1.Cl.Cl. The van der Waals surface area contributed by atoms with Gasteiger partial charge in [-0.2, -0.15) is 0 Å². The first-order chi connectivity index (χ1) is 12.4. The Balaban J connectivity index is 0.00000196. The molecule has 1 fully saturated rings. The Bertz CT molecular complexity index is 871. The van der Waals surface area contributed by atoms with Crippen molar-refractivity contribution >= 4 is 57.8 Å². The van der Waals surface area contributed by atoms with E-state index in [9.17, 15) is 13.2 Å². The number of sulfone groups is 1. The maximum absolute atomic E-state index is 12.8. The van der Waals surface area contributed by atoms with E-state index in [0.717, 1.165) is 11.9 Å². The molecule has 0 aliphatic carbocycles. The van der Waals surface area contributed by atoms with Crippen molar-refractivity contribution in [2.24, 2.45) is 0 Å². The molecule has 1 aliphatic rings. The fourth-order valence-electron chi connectivity index (χ4n) is 3.05. The number of carbonyl (C=O) groups excluding carboxylic acids is 1. The molecular weight excluding hydrogens is 423 g/mol. The second-order valence-electron chi connectivity index (χ2n) is 6.39. The van der Waals surface area contributed by atoms with Crippen LogP contribution in [0, 0.1) is 0 Å².